The van der Waals surface area contributed by atoms with Gasteiger partial charge in [-0.25, -0.2) is 0 Å². The summed E-state index contributed by atoms with van der Waals surface area (Å²) < 4.78 is 1.86. The van der Waals surface area contributed by atoms with Crippen molar-refractivity contribution < 1.29 is 9.59 Å². The van der Waals surface area contributed by atoms with E-state index in [0.29, 0.717) is 31.2 Å². The van der Waals surface area contributed by atoms with E-state index in [4.69, 9.17) is 11.6 Å². The Kier molecular flexibility index (Phi) is 4.46. The molecule has 0 unspecified atom stereocenters. The van der Waals surface area contributed by atoms with Crippen LogP contribution in [-0.4, -0.2) is 40.9 Å². The van der Waals surface area contributed by atoms with Gasteiger partial charge in [-0.2, -0.15) is 0 Å². The number of nitrogens with zero attached hydrogens (tertiary/aromatic N) is 3. The van der Waals surface area contributed by atoms with E-state index < -0.39 is 0 Å². The molecule has 1 aromatic carbocycles. The quantitative estimate of drug-likeness (QED) is 0.762. The maximum atomic E-state index is 13.2. The third kappa shape index (κ3) is 3.25. The lowest BCUT2D eigenvalue weighted by molar-refractivity contribution is -0.138. The largest absolute Gasteiger partial charge is 0.341 e. The number of carbonyl (C=O) groups is 2. The lowest BCUT2D eigenvalue weighted by Crippen LogP contribution is -2.50. The molecule has 1 aromatic heterocycles. The maximum absolute atomic E-state index is 13.2. The Morgan fingerprint density at radius 2 is 1.76 bits per heavy atom. The second-order valence-electron chi connectivity index (χ2n) is 8.32. The topological polar surface area (TPSA) is 62.6 Å². The van der Waals surface area contributed by atoms with Crippen molar-refractivity contribution in [3.05, 3.63) is 63.5 Å². The fraction of sp³-hybridized carbons (Fsp3) is 0.409. The van der Waals surface area contributed by atoms with E-state index >= 15 is 0 Å². The van der Waals surface area contributed by atoms with Gasteiger partial charge in [0.25, 0.3) is 5.56 Å². The molecule has 0 spiro atoms. The van der Waals surface area contributed by atoms with Gasteiger partial charge in [-0.05, 0) is 42.7 Å². The van der Waals surface area contributed by atoms with E-state index in [1.165, 1.54) is 0 Å². The van der Waals surface area contributed by atoms with Crippen LogP contribution in [0.4, 0.5) is 5.69 Å². The zero-order valence-corrected chi connectivity index (χ0v) is 16.7. The van der Waals surface area contributed by atoms with Gasteiger partial charge in [-0.1, -0.05) is 17.7 Å². The van der Waals surface area contributed by atoms with Crippen LogP contribution >= 0.6 is 11.6 Å². The average Bonchev–Trinajstić information content (AvgIpc) is 3.10. The highest BCUT2D eigenvalue weighted by Gasteiger charge is 2.41. The Bertz CT molecular complexity index is 1030. The van der Waals surface area contributed by atoms with Crippen molar-refractivity contribution >= 4 is 29.1 Å². The van der Waals surface area contributed by atoms with Crippen molar-refractivity contribution in [1.82, 2.24) is 9.47 Å². The van der Waals surface area contributed by atoms with Crippen molar-refractivity contribution in [2.75, 3.05) is 24.5 Å². The summed E-state index contributed by atoms with van der Waals surface area (Å²) in [5, 5.41) is 0.618. The summed E-state index contributed by atoms with van der Waals surface area (Å²) in [5.74, 6) is 0.172. The van der Waals surface area contributed by atoms with Gasteiger partial charge < -0.3 is 14.4 Å². The highest BCUT2D eigenvalue weighted by Crippen LogP contribution is 2.36. The molecule has 150 valence electrons. The number of pyridine rings is 1. The van der Waals surface area contributed by atoms with Gasteiger partial charge in [-0.3, -0.25) is 14.4 Å². The van der Waals surface area contributed by atoms with Gasteiger partial charge in [0.15, 0.2) is 0 Å². The highest BCUT2D eigenvalue weighted by molar-refractivity contribution is 6.30. The third-order valence-corrected chi connectivity index (χ3v) is 6.66. The number of benzene rings is 1. The molecule has 29 heavy (non-hydrogen) atoms. The lowest BCUT2D eigenvalue weighted by atomic mass is 9.82. The second kappa shape index (κ2) is 7.02. The van der Waals surface area contributed by atoms with Crippen molar-refractivity contribution in [3.63, 3.8) is 0 Å². The molecular weight excluding hydrogens is 390 g/mol. The van der Waals surface area contributed by atoms with Crippen LogP contribution in [0.2, 0.25) is 5.02 Å². The summed E-state index contributed by atoms with van der Waals surface area (Å²) in [6.45, 7) is 2.34. The Morgan fingerprint density at radius 3 is 2.55 bits per heavy atom. The van der Waals surface area contributed by atoms with Crippen molar-refractivity contribution in [2.45, 2.75) is 25.3 Å². The van der Waals surface area contributed by atoms with Gasteiger partial charge >= 0.3 is 0 Å². The minimum absolute atomic E-state index is 0.0280. The monoisotopic (exact) mass is 411 g/mol. The summed E-state index contributed by atoms with van der Waals surface area (Å²) in [7, 11) is 0. The predicted molar refractivity (Wildman–Crippen MR) is 110 cm³/mol. The van der Waals surface area contributed by atoms with Gasteiger partial charge in [0.2, 0.25) is 11.8 Å². The summed E-state index contributed by atoms with van der Waals surface area (Å²) in [4.78, 5) is 41.6. The van der Waals surface area contributed by atoms with Crippen LogP contribution in [0.15, 0.2) is 47.3 Å². The van der Waals surface area contributed by atoms with Gasteiger partial charge in [-0.15, -0.1) is 0 Å². The number of halogens is 1. The lowest BCUT2D eigenvalue weighted by Gasteiger charge is -2.43. The van der Waals surface area contributed by atoms with Crippen LogP contribution in [0.25, 0.3) is 0 Å². The molecule has 2 saturated heterocycles. The first-order chi connectivity index (χ1) is 14.0. The number of likely N-dealkylation sites (tertiary alicyclic amines) is 1. The minimum atomic E-state index is -0.324. The zero-order valence-electron chi connectivity index (χ0n) is 16.0. The van der Waals surface area contributed by atoms with E-state index in [1.54, 1.807) is 29.2 Å². The van der Waals surface area contributed by atoms with Crippen LogP contribution in [0, 0.1) is 11.8 Å². The second-order valence-corrected chi connectivity index (χ2v) is 8.76. The molecule has 3 aliphatic rings. The first-order valence-corrected chi connectivity index (χ1v) is 10.4. The predicted octanol–water partition coefficient (Wildman–Crippen LogP) is 2.50. The van der Waals surface area contributed by atoms with Crippen LogP contribution in [0.3, 0.4) is 0 Å². The number of aromatic nitrogens is 1. The number of rotatable bonds is 2. The number of hydrogen-bond donors (Lipinski definition) is 0. The normalized spacial score (nSPS) is 25.8. The van der Waals surface area contributed by atoms with E-state index in [9.17, 15) is 14.4 Å². The standard InChI is InChI=1S/C22H22ClN3O3/c23-17-4-6-18(7-5-17)25-13-16(9-21(25)28)22(29)24-10-14-8-15(12-24)19-2-1-3-20(27)26(19)11-14/h1-7,14-16H,8-13H2/t14-,15-,16-/m1/s1. The van der Waals surface area contributed by atoms with E-state index in [1.807, 2.05) is 27.7 Å². The number of carbonyl (C=O) groups excluding carboxylic acids is 2. The molecular formula is C22H22ClN3O3. The van der Waals surface area contributed by atoms with Crippen molar-refractivity contribution in [3.8, 4) is 0 Å². The maximum Gasteiger partial charge on any atom is 0.250 e. The highest BCUT2D eigenvalue weighted by atomic mass is 35.5. The fourth-order valence-corrected chi connectivity index (χ4v) is 5.20. The van der Waals surface area contributed by atoms with Crippen LogP contribution in [0.1, 0.15) is 24.5 Å². The zero-order chi connectivity index (χ0) is 20.1. The minimum Gasteiger partial charge on any atom is -0.341 e. The Hall–Kier alpha value is -2.60. The molecule has 7 heteroatoms. The molecule has 0 saturated carbocycles. The molecule has 0 aliphatic carbocycles. The molecule has 2 bridgehead atoms. The Labute approximate surface area is 173 Å². The summed E-state index contributed by atoms with van der Waals surface area (Å²) in [5.41, 5.74) is 1.84. The van der Waals surface area contributed by atoms with E-state index in [0.717, 1.165) is 17.8 Å². The molecule has 3 aliphatic heterocycles. The van der Waals surface area contributed by atoms with E-state index in [-0.39, 0.29) is 41.5 Å². The average molecular weight is 412 g/mol. The SMILES string of the molecule is O=C([C@@H]1CC(=O)N(c2ccc(Cl)cc2)C1)N1C[C@H]2C[C@H](C1)c1cccc(=O)n1C2. The van der Waals surface area contributed by atoms with Crippen molar-refractivity contribution in [1.29, 1.82) is 0 Å². The molecule has 2 fully saturated rings. The molecule has 0 N–H and O–H groups in total. The van der Waals surface area contributed by atoms with E-state index in [2.05, 4.69) is 0 Å². The van der Waals surface area contributed by atoms with Gasteiger partial charge in [0, 0.05) is 61.0 Å². The number of anilines is 1. The van der Waals surface area contributed by atoms with Gasteiger partial charge in [0.1, 0.15) is 0 Å². The number of hydrogen-bond acceptors (Lipinski definition) is 3. The smallest absolute Gasteiger partial charge is 0.250 e. The molecule has 6 nitrogen and oxygen atoms in total. The number of fused-ring (bicyclic) bond motifs is 4. The molecule has 0 radical (unpaired) electrons. The van der Waals surface area contributed by atoms with Gasteiger partial charge in [0.05, 0.1) is 5.92 Å². The fourth-order valence-electron chi connectivity index (χ4n) is 5.08. The summed E-state index contributed by atoms with van der Waals surface area (Å²) in [6.07, 6.45) is 1.25. The van der Waals surface area contributed by atoms with Crippen molar-refractivity contribution in [2.24, 2.45) is 11.8 Å². The Morgan fingerprint density at radius 1 is 0.966 bits per heavy atom. The summed E-state index contributed by atoms with van der Waals surface area (Å²) >= 11 is 5.94. The van der Waals surface area contributed by atoms with Crippen LogP contribution in [-0.2, 0) is 16.1 Å². The Balaban J connectivity index is 1.32. The third-order valence-electron chi connectivity index (χ3n) is 6.40. The van der Waals surface area contributed by atoms with Crippen LogP contribution < -0.4 is 10.5 Å². The molecule has 2 amide bonds. The summed E-state index contributed by atoms with van der Waals surface area (Å²) in [6, 6.07) is 12.5. The first kappa shape index (κ1) is 18.4. The molecule has 3 atom stereocenters. The molecule has 5 rings (SSSR count). The van der Waals surface area contributed by atoms with Crippen LogP contribution in [0.5, 0.6) is 0 Å². The number of piperidine rings is 1. The molecule has 2 aromatic rings. The number of amides is 2. The molecule has 4 heterocycles. The first-order valence-electron chi connectivity index (χ1n) is 10.0.